The standard InChI is InChI=1S/C29H34F3N5O3/c1-3-4-10-23(28(39)34-20-11-12-25(33-18-20)40-21-13-15-37(2)16-14-21)36-27(38)22-17-24(19-8-6-5-7-9-19)35-26(22)29(30,31)32/h5-9,11-12,18,21,23H,3-4,10,13-17H2,1-2H3,(H,34,39)(H,36,38). The quantitative estimate of drug-likeness (QED) is 0.434. The number of pyridine rings is 1. The Bertz CT molecular complexity index is 1240. The van der Waals surface area contributed by atoms with Crippen molar-refractivity contribution in [2.24, 2.45) is 4.99 Å². The van der Waals surface area contributed by atoms with Crippen LogP contribution in [0.1, 0.15) is 51.0 Å². The molecule has 0 spiro atoms. The SMILES string of the molecule is CCCCC(NC(=O)C1=C(C(F)(F)F)N=C(c2ccccc2)C1)C(=O)Nc1ccc(OC2CCN(C)CC2)nc1. The number of likely N-dealkylation sites (tertiary alicyclic amines) is 1. The van der Waals surface area contributed by atoms with Crippen molar-refractivity contribution in [2.45, 2.75) is 63.8 Å². The molecule has 1 saturated heterocycles. The van der Waals surface area contributed by atoms with Gasteiger partial charge in [0.25, 0.3) is 0 Å². The number of alkyl halides is 3. The molecule has 1 atom stereocenters. The molecule has 214 valence electrons. The van der Waals surface area contributed by atoms with Gasteiger partial charge < -0.3 is 20.3 Å². The van der Waals surface area contributed by atoms with Gasteiger partial charge in [0, 0.05) is 25.6 Å². The summed E-state index contributed by atoms with van der Waals surface area (Å²) in [4.78, 5) is 36.5. The Morgan fingerprint density at radius 2 is 1.85 bits per heavy atom. The number of nitrogens with zero attached hydrogens (tertiary/aromatic N) is 3. The summed E-state index contributed by atoms with van der Waals surface area (Å²) in [7, 11) is 2.07. The molecule has 40 heavy (non-hydrogen) atoms. The predicted molar refractivity (Wildman–Crippen MR) is 146 cm³/mol. The molecule has 1 aromatic carbocycles. The van der Waals surface area contributed by atoms with E-state index in [2.05, 4.69) is 32.6 Å². The highest BCUT2D eigenvalue weighted by Crippen LogP contribution is 2.36. The van der Waals surface area contributed by atoms with Gasteiger partial charge in [0.15, 0.2) is 5.70 Å². The molecular weight excluding hydrogens is 523 g/mol. The second-order valence-electron chi connectivity index (χ2n) is 10.1. The van der Waals surface area contributed by atoms with Crippen molar-refractivity contribution in [1.82, 2.24) is 15.2 Å². The summed E-state index contributed by atoms with van der Waals surface area (Å²) in [6.07, 6.45) is -0.153. The van der Waals surface area contributed by atoms with Gasteiger partial charge in [0.2, 0.25) is 17.7 Å². The number of carbonyl (C=O) groups excluding carboxylic acids is 2. The zero-order valence-electron chi connectivity index (χ0n) is 22.6. The van der Waals surface area contributed by atoms with Crippen LogP contribution in [0.3, 0.4) is 0 Å². The fourth-order valence-electron chi connectivity index (χ4n) is 4.66. The number of aromatic nitrogens is 1. The lowest BCUT2D eigenvalue weighted by Crippen LogP contribution is -2.44. The van der Waals surface area contributed by atoms with E-state index >= 15 is 0 Å². The molecule has 0 bridgehead atoms. The minimum Gasteiger partial charge on any atom is -0.474 e. The fraction of sp³-hybridized carbons (Fsp3) is 0.448. The Morgan fingerprint density at radius 3 is 2.48 bits per heavy atom. The van der Waals surface area contributed by atoms with Crippen LogP contribution in [0.15, 0.2) is 64.9 Å². The highest BCUT2D eigenvalue weighted by atomic mass is 19.4. The van der Waals surface area contributed by atoms with Crippen molar-refractivity contribution in [1.29, 1.82) is 0 Å². The van der Waals surface area contributed by atoms with Gasteiger partial charge in [-0.2, -0.15) is 13.2 Å². The molecule has 2 aliphatic heterocycles. The first-order valence-corrected chi connectivity index (χ1v) is 13.5. The van der Waals surface area contributed by atoms with Gasteiger partial charge >= 0.3 is 6.18 Å². The lowest BCUT2D eigenvalue weighted by atomic mass is 10.0. The molecule has 2 amide bonds. The molecule has 0 aliphatic carbocycles. The van der Waals surface area contributed by atoms with Crippen molar-refractivity contribution in [2.75, 3.05) is 25.5 Å². The predicted octanol–water partition coefficient (Wildman–Crippen LogP) is 4.88. The fourth-order valence-corrected chi connectivity index (χ4v) is 4.66. The van der Waals surface area contributed by atoms with Gasteiger partial charge in [-0.15, -0.1) is 0 Å². The van der Waals surface area contributed by atoms with Gasteiger partial charge in [-0.1, -0.05) is 50.1 Å². The number of rotatable bonds is 10. The molecular formula is C29H34F3N5O3. The molecule has 8 nitrogen and oxygen atoms in total. The minimum atomic E-state index is -4.81. The van der Waals surface area contributed by atoms with Crippen molar-refractivity contribution in [3.63, 3.8) is 0 Å². The Balaban J connectivity index is 1.42. The van der Waals surface area contributed by atoms with Crippen LogP contribution >= 0.6 is 0 Å². The topological polar surface area (TPSA) is 95.9 Å². The summed E-state index contributed by atoms with van der Waals surface area (Å²) in [6.45, 7) is 3.82. The second kappa shape index (κ2) is 13.1. The second-order valence-corrected chi connectivity index (χ2v) is 10.1. The number of unbranched alkanes of at least 4 members (excludes halogenated alkanes) is 1. The van der Waals surface area contributed by atoms with Crippen LogP contribution in [0.2, 0.25) is 0 Å². The number of amides is 2. The van der Waals surface area contributed by atoms with E-state index in [0.29, 0.717) is 23.6 Å². The third kappa shape index (κ3) is 7.68. The van der Waals surface area contributed by atoms with E-state index in [1.54, 1.807) is 42.5 Å². The van der Waals surface area contributed by atoms with Crippen LogP contribution in [0.4, 0.5) is 18.9 Å². The summed E-state index contributed by atoms with van der Waals surface area (Å²) < 4.78 is 47.3. The molecule has 11 heteroatoms. The zero-order valence-corrected chi connectivity index (χ0v) is 22.6. The number of hydrogen-bond donors (Lipinski definition) is 2. The van der Waals surface area contributed by atoms with Crippen molar-refractivity contribution < 1.29 is 27.5 Å². The smallest absolute Gasteiger partial charge is 0.433 e. The normalized spacial score (nSPS) is 17.4. The summed E-state index contributed by atoms with van der Waals surface area (Å²) in [5.41, 5.74) is -0.688. The number of halogens is 3. The average molecular weight is 558 g/mol. The number of benzene rings is 1. The largest absolute Gasteiger partial charge is 0.474 e. The number of piperidine rings is 1. The van der Waals surface area contributed by atoms with Gasteiger partial charge in [-0.05, 0) is 37.9 Å². The van der Waals surface area contributed by atoms with Crippen LogP contribution in [0, 0.1) is 0 Å². The zero-order chi connectivity index (χ0) is 28.7. The van der Waals surface area contributed by atoms with Crippen LogP contribution in [-0.2, 0) is 9.59 Å². The minimum absolute atomic E-state index is 0.0793. The van der Waals surface area contributed by atoms with Crippen molar-refractivity contribution in [3.8, 4) is 5.88 Å². The lowest BCUT2D eigenvalue weighted by Gasteiger charge is -2.28. The Kier molecular flexibility index (Phi) is 9.57. The van der Waals surface area contributed by atoms with E-state index in [1.165, 1.54) is 6.20 Å². The van der Waals surface area contributed by atoms with Crippen molar-refractivity contribution in [3.05, 3.63) is 65.5 Å². The van der Waals surface area contributed by atoms with E-state index in [4.69, 9.17) is 4.74 Å². The maximum Gasteiger partial charge on any atom is 0.433 e. The Morgan fingerprint density at radius 1 is 1.12 bits per heavy atom. The molecule has 4 rings (SSSR count). The van der Waals surface area contributed by atoms with Gasteiger partial charge in [-0.25, -0.2) is 9.98 Å². The first-order valence-electron chi connectivity index (χ1n) is 13.5. The Hall–Kier alpha value is -3.73. The summed E-state index contributed by atoms with van der Waals surface area (Å²) in [5.74, 6) is -1.05. The van der Waals surface area contributed by atoms with E-state index in [1.807, 2.05) is 6.92 Å². The molecule has 1 fully saturated rings. The monoisotopic (exact) mass is 557 g/mol. The molecule has 2 aliphatic rings. The summed E-state index contributed by atoms with van der Waals surface area (Å²) in [5, 5.41) is 5.24. The molecule has 3 heterocycles. The molecule has 0 saturated carbocycles. The maximum absolute atomic E-state index is 13.8. The van der Waals surface area contributed by atoms with Crippen LogP contribution in [-0.4, -0.2) is 65.9 Å². The number of allylic oxidation sites excluding steroid dienone is 1. The number of nitrogens with one attached hydrogen (secondary N) is 2. The first kappa shape index (κ1) is 29.3. The maximum atomic E-state index is 13.8. The number of anilines is 1. The molecule has 1 unspecified atom stereocenters. The van der Waals surface area contributed by atoms with E-state index in [0.717, 1.165) is 32.4 Å². The van der Waals surface area contributed by atoms with E-state index in [-0.39, 0.29) is 24.7 Å². The van der Waals surface area contributed by atoms with Gasteiger partial charge in [-0.3, -0.25) is 9.59 Å². The van der Waals surface area contributed by atoms with Crippen LogP contribution in [0.25, 0.3) is 0 Å². The first-order chi connectivity index (χ1) is 19.1. The average Bonchev–Trinajstić information content (AvgIpc) is 3.40. The van der Waals surface area contributed by atoms with Crippen LogP contribution < -0.4 is 15.4 Å². The molecule has 2 N–H and O–H groups in total. The van der Waals surface area contributed by atoms with Crippen molar-refractivity contribution >= 4 is 23.2 Å². The highest BCUT2D eigenvalue weighted by Gasteiger charge is 2.42. The third-order valence-corrected chi connectivity index (χ3v) is 6.95. The molecule has 2 aromatic rings. The number of hydrogen-bond acceptors (Lipinski definition) is 6. The van der Waals surface area contributed by atoms with Gasteiger partial charge in [0.05, 0.1) is 23.2 Å². The van der Waals surface area contributed by atoms with Crippen LogP contribution in [0.5, 0.6) is 5.88 Å². The number of carbonyl (C=O) groups is 2. The summed E-state index contributed by atoms with van der Waals surface area (Å²) >= 11 is 0. The Labute approximate surface area is 231 Å². The van der Waals surface area contributed by atoms with Gasteiger partial charge in [0.1, 0.15) is 12.1 Å². The number of ether oxygens (including phenoxy) is 1. The third-order valence-electron chi connectivity index (χ3n) is 6.95. The molecule has 0 radical (unpaired) electrons. The lowest BCUT2D eigenvalue weighted by molar-refractivity contribution is -0.125. The summed E-state index contributed by atoms with van der Waals surface area (Å²) in [6, 6.07) is 10.7. The highest BCUT2D eigenvalue weighted by molar-refractivity contribution is 6.12. The number of aliphatic imine (C=N–C) groups is 1. The molecule has 1 aromatic heterocycles. The van der Waals surface area contributed by atoms with E-state index in [9.17, 15) is 22.8 Å². The van der Waals surface area contributed by atoms with E-state index < -0.39 is 35.3 Å².